The van der Waals surface area contributed by atoms with Crippen LogP contribution in [0.1, 0.15) is 6.42 Å². The van der Waals surface area contributed by atoms with Crippen LogP contribution >= 0.6 is 0 Å². The fraction of sp³-hybridized carbons (Fsp3) is 0.875. The first-order valence-electron chi connectivity index (χ1n) is 4.37. The van der Waals surface area contributed by atoms with E-state index in [1.165, 1.54) is 6.07 Å². The Morgan fingerprint density at radius 2 is 2.21 bits per heavy atom. The molecule has 14 heavy (non-hydrogen) atoms. The Morgan fingerprint density at radius 1 is 1.57 bits per heavy atom. The van der Waals surface area contributed by atoms with E-state index in [0.29, 0.717) is 19.5 Å². The van der Waals surface area contributed by atoms with Crippen molar-refractivity contribution in [2.75, 3.05) is 19.6 Å². The van der Waals surface area contributed by atoms with E-state index >= 15 is 0 Å². The van der Waals surface area contributed by atoms with Crippen LogP contribution in [0.2, 0.25) is 0 Å². The van der Waals surface area contributed by atoms with E-state index in [9.17, 15) is 13.2 Å². The lowest BCUT2D eigenvalue weighted by atomic mass is 10.1. The number of hydrogen-bond donors (Lipinski definition) is 1. The first-order chi connectivity index (χ1) is 6.43. The minimum atomic E-state index is -4.43. The molecule has 1 rings (SSSR count). The van der Waals surface area contributed by atoms with Crippen molar-refractivity contribution in [1.29, 1.82) is 5.26 Å². The van der Waals surface area contributed by atoms with Crippen LogP contribution in [0.25, 0.3) is 0 Å². The SMILES string of the molecule is N#CC(CN1CC[C@@H](N)C1)C(F)(F)F. The van der Waals surface area contributed by atoms with Crippen LogP contribution in [0.3, 0.4) is 0 Å². The third-order valence-electron chi connectivity index (χ3n) is 2.30. The maximum atomic E-state index is 12.2. The van der Waals surface area contributed by atoms with Gasteiger partial charge in [0, 0.05) is 19.1 Å². The minimum Gasteiger partial charge on any atom is -0.326 e. The van der Waals surface area contributed by atoms with Crippen molar-refractivity contribution in [2.24, 2.45) is 11.7 Å². The highest BCUT2D eigenvalue weighted by molar-refractivity contribution is 4.92. The van der Waals surface area contributed by atoms with Gasteiger partial charge in [-0.3, -0.25) is 0 Å². The van der Waals surface area contributed by atoms with Crippen LogP contribution in [0.15, 0.2) is 0 Å². The number of hydrogen-bond acceptors (Lipinski definition) is 3. The molecule has 6 heteroatoms. The van der Waals surface area contributed by atoms with E-state index in [4.69, 9.17) is 11.0 Å². The molecule has 1 fully saturated rings. The Labute approximate surface area is 80.3 Å². The molecule has 2 atom stereocenters. The number of halogens is 3. The molecule has 1 saturated heterocycles. The predicted octanol–water partition coefficient (Wildman–Crippen LogP) is 0.721. The average molecular weight is 207 g/mol. The molecule has 80 valence electrons. The highest BCUT2D eigenvalue weighted by atomic mass is 19.4. The number of alkyl halides is 3. The van der Waals surface area contributed by atoms with Gasteiger partial charge in [0.25, 0.3) is 0 Å². The van der Waals surface area contributed by atoms with Crippen LogP contribution in [-0.2, 0) is 0 Å². The Hall–Kier alpha value is -0.800. The van der Waals surface area contributed by atoms with Gasteiger partial charge in [0.05, 0.1) is 6.07 Å². The number of likely N-dealkylation sites (tertiary alicyclic amines) is 1. The zero-order valence-corrected chi connectivity index (χ0v) is 7.59. The van der Waals surface area contributed by atoms with Crippen molar-refractivity contribution in [3.05, 3.63) is 0 Å². The van der Waals surface area contributed by atoms with Crippen molar-refractivity contribution in [3.8, 4) is 6.07 Å². The van der Waals surface area contributed by atoms with Gasteiger partial charge in [-0.2, -0.15) is 18.4 Å². The minimum absolute atomic E-state index is 0.0532. The molecule has 0 spiro atoms. The lowest BCUT2D eigenvalue weighted by Crippen LogP contribution is -2.36. The number of nitrogens with zero attached hydrogens (tertiary/aromatic N) is 2. The summed E-state index contributed by atoms with van der Waals surface area (Å²) in [5, 5.41) is 8.36. The molecule has 3 nitrogen and oxygen atoms in total. The van der Waals surface area contributed by atoms with Gasteiger partial charge in [-0.05, 0) is 13.0 Å². The van der Waals surface area contributed by atoms with E-state index in [1.807, 2.05) is 0 Å². The fourth-order valence-corrected chi connectivity index (χ4v) is 1.50. The molecule has 0 saturated carbocycles. The molecule has 1 aliphatic heterocycles. The van der Waals surface area contributed by atoms with Gasteiger partial charge in [-0.15, -0.1) is 0 Å². The van der Waals surface area contributed by atoms with Gasteiger partial charge in [0.15, 0.2) is 5.92 Å². The van der Waals surface area contributed by atoms with Gasteiger partial charge in [-0.1, -0.05) is 0 Å². The summed E-state index contributed by atoms with van der Waals surface area (Å²) in [6, 6.07) is 1.22. The first kappa shape index (κ1) is 11.3. The third kappa shape index (κ3) is 2.86. The molecular formula is C8H12F3N3. The van der Waals surface area contributed by atoms with Crippen LogP contribution in [-0.4, -0.2) is 36.8 Å². The molecule has 1 heterocycles. The van der Waals surface area contributed by atoms with Crippen LogP contribution in [0.4, 0.5) is 13.2 Å². The second-order valence-corrected chi connectivity index (χ2v) is 3.53. The van der Waals surface area contributed by atoms with Gasteiger partial charge in [0.2, 0.25) is 0 Å². The Morgan fingerprint density at radius 3 is 2.57 bits per heavy atom. The van der Waals surface area contributed by atoms with E-state index in [0.717, 1.165) is 0 Å². The zero-order valence-electron chi connectivity index (χ0n) is 7.59. The van der Waals surface area contributed by atoms with Crippen molar-refractivity contribution >= 4 is 0 Å². The average Bonchev–Trinajstić information content (AvgIpc) is 2.45. The third-order valence-corrected chi connectivity index (χ3v) is 2.30. The molecule has 0 amide bonds. The summed E-state index contributed by atoms with van der Waals surface area (Å²) in [6.45, 7) is 0.747. The first-order valence-corrected chi connectivity index (χ1v) is 4.37. The van der Waals surface area contributed by atoms with Crippen molar-refractivity contribution in [1.82, 2.24) is 4.90 Å². The molecule has 0 bridgehead atoms. The smallest absolute Gasteiger partial charge is 0.326 e. The molecule has 0 aromatic carbocycles. The van der Waals surface area contributed by atoms with Crippen molar-refractivity contribution in [3.63, 3.8) is 0 Å². The second-order valence-electron chi connectivity index (χ2n) is 3.53. The molecule has 0 aliphatic carbocycles. The highest BCUT2D eigenvalue weighted by Crippen LogP contribution is 2.27. The van der Waals surface area contributed by atoms with Gasteiger partial charge in [-0.25, -0.2) is 0 Å². The monoisotopic (exact) mass is 207 g/mol. The maximum absolute atomic E-state index is 12.2. The lowest BCUT2D eigenvalue weighted by Gasteiger charge is -2.20. The summed E-state index contributed by atoms with van der Waals surface area (Å²) >= 11 is 0. The summed E-state index contributed by atoms with van der Waals surface area (Å²) in [6.07, 6.45) is -3.72. The van der Waals surface area contributed by atoms with Gasteiger partial charge in [0.1, 0.15) is 0 Å². The normalized spacial score (nSPS) is 26.1. The van der Waals surface area contributed by atoms with Crippen molar-refractivity contribution in [2.45, 2.75) is 18.6 Å². The topological polar surface area (TPSA) is 53.0 Å². The molecule has 2 N–H and O–H groups in total. The quantitative estimate of drug-likeness (QED) is 0.726. The Balaban J connectivity index is 2.46. The summed E-state index contributed by atoms with van der Waals surface area (Å²) in [7, 11) is 0. The zero-order chi connectivity index (χ0) is 10.8. The van der Waals surface area contributed by atoms with Gasteiger partial charge >= 0.3 is 6.18 Å². The molecule has 0 aromatic rings. The maximum Gasteiger partial charge on any atom is 0.405 e. The molecular weight excluding hydrogens is 195 g/mol. The second kappa shape index (κ2) is 4.15. The lowest BCUT2D eigenvalue weighted by molar-refractivity contribution is -0.162. The molecule has 1 aliphatic rings. The summed E-state index contributed by atoms with van der Waals surface area (Å²) < 4.78 is 36.6. The highest BCUT2D eigenvalue weighted by Gasteiger charge is 2.41. The molecule has 1 unspecified atom stereocenters. The molecule has 0 radical (unpaired) electrons. The summed E-state index contributed by atoms with van der Waals surface area (Å²) in [5.74, 6) is -1.90. The Kier molecular flexibility index (Phi) is 3.34. The van der Waals surface area contributed by atoms with E-state index in [2.05, 4.69) is 0 Å². The Bertz CT molecular complexity index is 233. The van der Waals surface area contributed by atoms with Crippen molar-refractivity contribution < 1.29 is 13.2 Å². The van der Waals surface area contributed by atoms with E-state index in [1.54, 1.807) is 4.90 Å². The predicted molar refractivity (Wildman–Crippen MR) is 44.2 cm³/mol. The van der Waals surface area contributed by atoms with E-state index in [-0.39, 0.29) is 12.6 Å². The number of nitriles is 1. The summed E-state index contributed by atoms with van der Waals surface area (Å²) in [4.78, 5) is 1.59. The van der Waals surface area contributed by atoms with Crippen LogP contribution in [0, 0.1) is 17.2 Å². The number of nitrogens with two attached hydrogens (primary N) is 1. The number of rotatable bonds is 2. The van der Waals surface area contributed by atoms with E-state index < -0.39 is 12.1 Å². The molecule has 0 aromatic heterocycles. The largest absolute Gasteiger partial charge is 0.405 e. The fourth-order valence-electron chi connectivity index (χ4n) is 1.50. The van der Waals surface area contributed by atoms with Crippen LogP contribution < -0.4 is 5.73 Å². The van der Waals surface area contributed by atoms with Gasteiger partial charge < -0.3 is 10.6 Å². The van der Waals surface area contributed by atoms with Crippen LogP contribution in [0.5, 0.6) is 0 Å². The standard InChI is InChI=1S/C8H12F3N3/c9-8(10,11)6(3-12)4-14-2-1-7(13)5-14/h6-7H,1-2,4-5,13H2/t6?,7-/m1/s1. The summed E-state index contributed by atoms with van der Waals surface area (Å²) in [5.41, 5.74) is 5.55.